The van der Waals surface area contributed by atoms with Crippen LogP contribution in [0.2, 0.25) is 0 Å². The summed E-state index contributed by atoms with van der Waals surface area (Å²) in [6.07, 6.45) is 7.45. The van der Waals surface area contributed by atoms with Crippen LogP contribution in [0.15, 0.2) is 0 Å². The fraction of sp³-hybridized carbons (Fsp3) is 1.00. The maximum absolute atomic E-state index is 9.14. The fourth-order valence-corrected chi connectivity index (χ4v) is 3.42. The van der Waals surface area contributed by atoms with Gasteiger partial charge >= 0.3 is 0 Å². The molecule has 0 heterocycles. The highest BCUT2D eigenvalue weighted by Gasteiger charge is 2.34. The lowest BCUT2D eigenvalue weighted by Crippen LogP contribution is -2.33. The second-order valence-electron chi connectivity index (χ2n) is 5.24. The van der Waals surface area contributed by atoms with Crippen LogP contribution < -0.4 is 0 Å². The quantitative estimate of drug-likeness (QED) is 0.710. The van der Waals surface area contributed by atoms with E-state index in [-0.39, 0.29) is 0 Å². The molecule has 2 heteroatoms. The molecule has 2 N–H and O–H groups in total. The van der Waals surface area contributed by atoms with E-state index in [4.69, 9.17) is 10.2 Å². The van der Waals surface area contributed by atoms with Crippen LogP contribution in [0.1, 0.15) is 38.5 Å². The first-order valence-corrected chi connectivity index (χ1v) is 6.05. The van der Waals surface area contributed by atoms with Gasteiger partial charge in [-0.05, 0) is 62.2 Å². The van der Waals surface area contributed by atoms with Gasteiger partial charge < -0.3 is 10.2 Å². The summed E-state index contributed by atoms with van der Waals surface area (Å²) in [6.45, 7) is 0.763. The summed E-state index contributed by atoms with van der Waals surface area (Å²) in [4.78, 5) is 0. The van der Waals surface area contributed by atoms with Gasteiger partial charge in [0.05, 0.1) is 0 Å². The normalized spacial score (nSPS) is 43.3. The molecule has 82 valence electrons. The second kappa shape index (κ2) is 4.63. The van der Waals surface area contributed by atoms with Crippen molar-refractivity contribution in [2.45, 2.75) is 38.5 Å². The van der Waals surface area contributed by atoms with Crippen LogP contribution in [0, 0.1) is 23.7 Å². The Morgan fingerprint density at radius 2 is 1.14 bits per heavy atom. The molecule has 0 saturated heterocycles. The number of fused-ring (bicyclic) bond motifs is 1. The van der Waals surface area contributed by atoms with Crippen molar-refractivity contribution in [2.75, 3.05) is 13.2 Å². The Morgan fingerprint density at radius 1 is 0.714 bits per heavy atom. The highest BCUT2D eigenvalue weighted by molar-refractivity contribution is 4.85. The first-order chi connectivity index (χ1) is 6.83. The van der Waals surface area contributed by atoms with Crippen LogP contribution in [-0.2, 0) is 0 Å². The van der Waals surface area contributed by atoms with Gasteiger partial charge in [0.15, 0.2) is 0 Å². The Morgan fingerprint density at radius 3 is 1.50 bits per heavy atom. The second-order valence-corrected chi connectivity index (χ2v) is 5.24. The van der Waals surface area contributed by atoms with Gasteiger partial charge in [0, 0.05) is 13.2 Å². The average molecular weight is 198 g/mol. The van der Waals surface area contributed by atoms with Gasteiger partial charge in [-0.1, -0.05) is 0 Å². The predicted octanol–water partition coefficient (Wildman–Crippen LogP) is 1.80. The molecular formula is C12H22O2. The third-order valence-electron chi connectivity index (χ3n) is 4.35. The van der Waals surface area contributed by atoms with Crippen molar-refractivity contribution in [3.8, 4) is 0 Å². The van der Waals surface area contributed by atoms with Crippen LogP contribution in [0.4, 0.5) is 0 Å². The number of aliphatic hydroxyl groups is 2. The molecule has 0 aliphatic heterocycles. The number of rotatable bonds is 2. The van der Waals surface area contributed by atoms with E-state index in [1.165, 1.54) is 38.5 Å². The van der Waals surface area contributed by atoms with Gasteiger partial charge in [0.25, 0.3) is 0 Å². The van der Waals surface area contributed by atoms with E-state index in [1.54, 1.807) is 0 Å². The first kappa shape index (κ1) is 10.4. The van der Waals surface area contributed by atoms with Gasteiger partial charge in [-0.15, -0.1) is 0 Å². The zero-order valence-electron chi connectivity index (χ0n) is 8.86. The van der Waals surface area contributed by atoms with Crippen molar-refractivity contribution < 1.29 is 10.2 Å². The lowest BCUT2D eigenvalue weighted by Gasteiger charge is -2.41. The molecule has 2 nitrogen and oxygen atoms in total. The molecule has 2 fully saturated rings. The van der Waals surface area contributed by atoms with Crippen LogP contribution in [-0.4, -0.2) is 23.4 Å². The summed E-state index contributed by atoms with van der Waals surface area (Å²) in [5.41, 5.74) is 0. The summed E-state index contributed by atoms with van der Waals surface area (Å²) >= 11 is 0. The summed E-state index contributed by atoms with van der Waals surface area (Å²) in [6, 6.07) is 0. The molecule has 0 amide bonds. The smallest absolute Gasteiger partial charge is 0.0459 e. The minimum absolute atomic E-state index is 0.382. The van der Waals surface area contributed by atoms with E-state index in [0.717, 1.165) is 11.8 Å². The summed E-state index contributed by atoms with van der Waals surface area (Å²) in [5, 5.41) is 18.3. The lowest BCUT2D eigenvalue weighted by atomic mass is 9.65. The molecular weight excluding hydrogens is 176 g/mol. The number of hydrogen-bond acceptors (Lipinski definition) is 2. The van der Waals surface area contributed by atoms with Crippen molar-refractivity contribution in [2.24, 2.45) is 23.7 Å². The van der Waals surface area contributed by atoms with Gasteiger partial charge in [-0.3, -0.25) is 0 Å². The highest BCUT2D eigenvalue weighted by atomic mass is 16.3. The Labute approximate surface area is 86.3 Å². The summed E-state index contributed by atoms with van der Waals surface area (Å²) in [7, 11) is 0. The Balaban J connectivity index is 1.88. The van der Waals surface area contributed by atoms with Gasteiger partial charge in [-0.2, -0.15) is 0 Å². The minimum Gasteiger partial charge on any atom is -0.396 e. The van der Waals surface area contributed by atoms with Crippen LogP contribution in [0.3, 0.4) is 0 Å². The van der Waals surface area contributed by atoms with E-state index in [1.807, 2.05) is 0 Å². The Kier molecular flexibility index (Phi) is 3.45. The largest absolute Gasteiger partial charge is 0.396 e. The van der Waals surface area contributed by atoms with Crippen molar-refractivity contribution in [1.82, 2.24) is 0 Å². The standard InChI is InChI=1S/C12H22O2/c13-7-9-1-3-11-6-10(8-14)2-4-12(11)5-9/h9-14H,1-8H2/t9-,10?,11-,12?/m1/s1. The average Bonchev–Trinajstić information content (AvgIpc) is 2.27. The van der Waals surface area contributed by atoms with Crippen molar-refractivity contribution >= 4 is 0 Å². The summed E-state index contributed by atoms with van der Waals surface area (Å²) < 4.78 is 0. The maximum Gasteiger partial charge on any atom is 0.0459 e. The third kappa shape index (κ3) is 2.12. The van der Waals surface area contributed by atoms with Gasteiger partial charge in [0.2, 0.25) is 0 Å². The van der Waals surface area contributed by atoms with Crippen molar-refractivity contribution in [3.63, 3.8) is 0 Å². The zero-order chi connectivity index (χ0) is 9.97. The SMILES string of the molecule is OCC1CCC2C[C@H](CO)CC[C@@H]2C1. The zero-order valence-corrected chi connectivity index (χ0v) is 8.86. The van der Waals surface area contributed by atoms with Crippen LogP contribution in [0.25, 0.3) is 0 Å². The van der Waals surface area contributed by atoms with E-state index < -0.39 is 0 Å². The molecule has 2 aliphatic rings. The molecule has 14 heavy (non-hydrogen) atoms. The molecule has 4 atom stereocenters. The van der Waals surface area contributed by atoms with E-state index in [2.05, 4.69) is 0 Å². The molecule has 0 aromatic rings. The molecule has 0 spiro atoms. The number of aliphatic hydroxyl groups excluding tert-OH is 2. The molecule has 2 rings (SSSR count). The molecule has 0 aromatic heterocycles. The Hall–Kier alpha value is -0.0800. The molecule has 0 radical (unpaired) electrons. The minimum atomic E-state index is 0.382. The topological polar surface area (TPSA) is 40.5 Å². The highest BCUT2D eigenvalue weighted by Crippen LogP contribution is 2.44. The molecule has 0 aromatic carbocycles. The van der Waals surface area contributed by atoms with Crippen LogP contribution >= 0.6 is 0 Å². The molecule has 0 bridgehead atoms. The lowest BCUT2D eigenvalue weighted by molar-refractivity contribution is 0.0546. The van der Waals surface area contributed by atoms with Crippen LogP contribution in [0.5, 0.6) is 0 Å². The molecule has 2 unspecified atom stereocenters. The van der Waals surface area contributed by atoms with Gasteiger partial charge in [0.1, 0.15) is 0 Å². The third-order valence-corrected chi connectivity index (χ3v) is 4.35. The van der Waals surface area contributed by atoms with Crippen molar-refractivity contribution in [3.05, 3.63) is 0 Å². The monoisotopic (exact) mass is 198 g/mol. The maximum atomic E-state index is 9.14. The summed E-state index contributed by atoms with van der Waals surface area (Å²) in [5.74, 6) is 2.84. The fourth-order valence-electron chi connectivity index (χ4n) is 3.42. The van der Waals surface area contributed by atoms with E-state index >= 15 is 0 Å². The molecule has 2 aliphatic carbocycles. The van der Waals surface area contributed by atoms with E-state index in [9.17, 15) is 0 Å². The van der Waals surface area contributed by atoms with Crippen molar-refractivity contribution in [1.29, 1.82) is 0 Å². The van der Waals surface area contributed by atoms with Gasteiger partial charge in [-0.25, -0.2) is 0 Å². The Bertz CT molecular complexity index is 161. The molecule has 2 saturated carbocycles. The van der Waals surface area contributed by atoms with E-state index in [0.29, 0.717) is 25.0 Å². The predicted molar refractivity (Wildman–Crippen MR) is 55.8 cm³/mol. The first-order valence-electron chi connectivity index (χ1n) is 6.05. The number of hydrogen-bond donors (Lipinski definition) is 2.